The van der Waals surface area contributed by atoms with Crippen molar-refractivity contribution in [3.63, 3.8) is 0 Å². The number of carbonyl (C=O) groups excluding carboxylic acids is 2. The summed E-state index contributed by atoms with van der Waals surface area (Å²) in [5, 5.41) is 4.15. The quantitative estimate of drug-likeness (QED) is 0.585. The molecule has 0 radical (unpaired) electrons. The number of anilines is 1. The second-order valence-corrected chi connectivity index (χ2v) is 7.57. The molecule has 0 atom stereocenters. The van der Waals surface area contributed by atoms with Gasteiger partial charge >= 0.3 is 0 Å². The standard InChI is InChI=1S/C22H23N5O3/c28-21-18-5-1-6-19(20(18)22(29)27(21)14-13-26-8-3-7-23-26)25-11-9-24(10-12-25)16-17-4-2-15-30-17/h1-8,15H,9-14,16H2. The first-order valence-electron chi connectivity index (χ1n) is 10.2. The molecule has 0 spiro atoms. The summed E-state index contributed by atoms with van der Waals surface area (Å²) in [4.78, 5) is 31.9. The minimum atomic E-state index is -0.222. The molecule has 2 amide bonds. The van der Waals surface area contributed by atoms with Gasteiger partial charge in [-0.1, -0.05) is 6.07 Å². The highest BCUT2D eigenvalue weighted by atomic mass is 16.3. The fourth-order valence-electron chi connectivity index (χ4n) is 4.19. The Morgan fingerprint density at radius 3 is 2.53 bits per heavy atom. The van der Waals surface area contributed by atoms with E-state index in [1.165, 1.54) is 4.90 Å². The number of rotatable bonds is 6. The number of aromatic nitrogens is 2. The maximum atomic E-state index is 13.1. The third kappa shape index (κ3) is 3.39. The molecular formula is C22H23N5O3. The fraction of sp³-hybridized carbons (Fsp3) is 0.318. The van der Waals surface area contributed by atoms with E-state index in [-0.39, 0.29) is 11.8 Å². The lowest BCUT2D eigenvalue weighted by Gasteiger charge is -2.36. The third-order valence-corrected chi connectivity index (χ3v) is 5.76. The molecule has 1 fully saturated rings. The van der Waals surface area contributed by atoms with Crippen LogP contribution >= 0.6 is 0 Å². The largest absolute Gasteiger partial charge is 0.468 e. The summed E-state index contributed by atoms with van der Waals surface area (Å²) in [7, 11) is 0. The number of amides is 2. The summed E-state index contributed by atoms with van der Waals surface area (Å²) in [5.74, 6) is 0.522. The first-order chi connectivity index (χ1) is 14.7. The van der Waals surface area contributed by atoms with Gasteiger partial charge in [-0.15, -0.1) is 0 Å². The number of nitrogens with zero attached hydrogens (tertiary/aromatic N) is 5. The summed E-state index contributed by atoms with van der Waals surface area (Å²) in [6.07, 6.45) is 5.21. The SMILES string of the molecule is O=C1c2cccc(N3CCN(Cc4ccco4)CC3)c2C(=O)N1CCn1cccn1. The first-order valence-corrected chi connectivity index (χ1v) is 10.2. The number of carbonyl (C=O) groups is 2. The van der Waals surface area contributed by atoms with Crippen LogP contribution < -0.4 is 4.90 Å². The zero-order chi connectivity index (χ0) is 20.5. The Morgan fingerprint density at radius 2 is 1.80 bits per heavy atom. The van der Waals surface area contributed by atoms with Crippen molar-refractivity contribution >= 4 is 17.5 Å². The van der Waals surface area contributed by atoms with E-state index in [9.17, 15) is 9.59 Å². The second-order valence-electron chi connectivity index (χ2n) is 7.57. The van der Waals surface area contributed by atoms with Gasteiger partial charge in [0.2, 0.25) is 0 Å². The van der Waals surface area contributed by atoms with E-state index < -0.39 is 0 Å². The van der Waals surface area contributed by atoms with Gasteiger partial charge in [0.1, 0.15) is 5.76 Å². The van der Waals surface area contributed by atoms with Crippen LogP contribution in [0.3, 0.4) is 0 Å². The Bertz CT molecular complexity index is 1040. The van der Waals surface area contributed by atoms with Crippen molar-refractivity contribution in [1.29, 1.82) is 0 Å². The van der Waals surface area contributed by atoms with Crippen LogP contribution in [0.2, 0.25) is 0 Å². The molecular weight excluding hydrogens is 382 g/mol. The maximum absolute atomic E-state index is 13.1. The predicted molar refractivity (Wildman–Crippen MR) is 110 cm³/mol. The average molecular weight is 405 g/mol. The lowest BCUT2D eigenvalue weighted by Crippen LogP contribution is -2.46. The Labute approximate surface area is 174 Å². The molecule has 1 saturated heterocycles. The smallest absolute Gasteiger partial charge is 0.263 e. The predicted octanol–water partition coefficient (Wildman–Crippen LogP) is 2.09. The van der Waals surface area contributed by atoms with E-state index >= 15 is 0 Å². The van der Waals surface area contributed by atoms with Crippen molar-refractivity contribution in [1.82, 2.24) is 19.6 Å². The molecule has 5 rings (SSSR count). The normalized spacial score (nSPS) is 17.1. The molecule has 2 aliphatic rings. The summed E-state index contributed by atoms with van der Waals surface area (Å²) in [5.41, 5.74) is 1.88. The Morgan fingerprint density at radius 1 is 0.933 bits per heavy atom. The van der Waals surface area contributed by atoms with Gasteiger partial charge in [0.05, 0.1) is 36.2 Å². The molecule has 8 nitrogen and oxygen atoms in total. The Hall–Kier alpha value is -3.39. The number of hydrogen-bond acceptors (Lipinski definition) is 6. The molecule has 154 valence electrons. The number of fused-ring (bicyclic) bond motifs is 1. The number of benzene rings is 1. The molecule has 2 aromatic heterocycles. The number of hydrogen-bond donors (Lipinski definition) is 0. The van der Waals surface area contributed by atoms with Gasteiger partial charge in [-0.25, -0.2) is 0 Å². The van der Waals surface area contributed by atoms with Crippen molar-refractivity contribution in [2.75, 3.05) is 37.6 Å². The number of furan rings is 1. The fourth-order valence-corrected chi connectivity index (χ4v) is 4.19. The summed E-state index contributed by atoms with van der Waals surface area (Å²) < 4.78 is 7.17. The van der Waals surface area contributed by atoms with Crippen LogP contribution in [0.25, 0.3) is 0 Å². The lowest BCUT2D eigenvalue weighted by molar-refractivity contribution is 0.0647. The zero-order valence-corrected chi connectivity index (χ0v) is 16.6. The summed E-state index contributed by atoms with van der Waals surface area (Å²) in [6.45, 7) is 4.92. The number of imide groups is 1. The molecule has 8 heteroatoms. The third-order valence-electron chi connectivity index (χ3n) is 5.76. The van der Waals surface area contributed by atoms with E-state index in [4.69, 9.17) is 4.42 Å². The highest BCUT2D eigenvalue weighted by molar-refractivity contribution is 6.23. The molecule has 0 N–H and O–H groups in total. The highest BCUT2D eigenvalue weighted by Gasteiger charge is 2.38. The van der Waals surface area contributed by atoms with Crippen molar-refractivity contribution in [2.45, 2.75) is 13.1 Å². The van der Waals surface area contributed by atoms with Gasteiger partial charge < -0.3 is 9.32 Å². The molecule has 4 heterocycles. The lowest BCUT2D eigenvalue weighted by atomic mass is 10.1. The van der Waals surface area contributed by atoms with E-state index in [0.717, 1.165) is 44.2 Å². The monoisotopic (exact) mass is 405 g/mol. The molecule has 0 bridgehead atoms. The minimum Gasteiger partial charge on any atom is -0.468 e. The average Bonchev–Trinajstić information content (AvgIpc) is 3.51. The van der Waals surface area contributed by atoms with Gasteiger partial charge in [0.15, 0.2) is 0 Å². The van der Waals surface area contributed by atoms with Gasteiger partial charge in [-0.2, -0.15) is 5.10 Å². The zero-order valence-electron chi connectivity index (χ0n) is 16.6. The maximum Gasteiger partial charge on any atom is 0.263 e. The van der Waals surface area contributed by atoms with Crippen LogP contribution in [0.4, 0.5) is 5.69 Å². The molecule has 0 aliphatic carbocycles. The van der Waals surface area contributed by atoms with E-state index in [1.54, 1.807) is 23.2 Å². The van der Waals surface area contributed by atoms with Crippen LogP contribution in [0.1, 0.15) is 26.5 Å². The second kappa shape index (κ2) is 7.79. The Kier molecular flexibility index (Phi) is 4.84. The molecule has 0 saturated carbocycles. The van der Waals surface area contributed by atoms with Crippen LogP contribution in [0.15, 0.2) is 59.5 Å². The summed E-state index contributed by atoms with van der Waals surface area (Å²) in [6, 6.07) is 11.3. The van der Waals surface area contributed by atoms with Gasteiger partial charge in [-0.05, 0) is 30.3 Å². The van der Waals surface area contributed by atoms with Crippen molar-refractivity contribution < 1.29 is 14.0 Å². The highest BCUT2D eigenvalue weighted by Crippen LogP contribution is 2.32. The van der Waals surface area contributed by atoms with E-state index in [0.29, 0.717) is 24.2 Å². The van der Waals surface area contributed by atoms with Crippen LogP contribution in [0, 0.1) is 0 Å². The van der Waals surface area contributed by atoms with Crippen molar-refractivity contribution in [2.24, 2.45) is 0 Å². The van der Waals surface area contributed by atoms with Crippen molar-refractivity contribution in [3.05, 3.63) is 71.9 Å². The Balaban J connectivity index is 1.30. The molecule has 2 aliphatic heterocycles. The van der Waals surface area contributed by atoms with Crippen LogP contribution in [-0.4, -0.2) is 64.1 Å². The van der Waals surface area contributed by atoms with Crippen LogP contribution in [-0.2, 0) is 13.1 Å². The van der Waals surface area contributed by atoms with Gasteiger partial charge in [0, 0.05) is 45.1 Å². The molecule has 1 aromatic carbocycles. The number of piperazine rings is 1. The molecule has 30 heavy (non-hydrogen) atoms. The van der Waals surface area contributed by atoms with Crippen LogP contribution in [0.5, 0.6) is 0 Å². The van der Waals surface area contributed by atoms with Crippen molar-refractivity contribution in [3.8, 4) is 0 Å². The van der Waals surface area contributed by atoms with Gasteiger partial charge in [-0.3, -0.25) is 24.1 Å². The first kappa shape index (κ1) is 18.6. The van der Waals surface area contributed by atoms with Gasteiger partial charge in [0.25, 0.3) is 11.8 Å². The molecule has 3 aromatic rings. The van der Waals surface area contributed by atoms with E-state index in [2.05, 4.69) is 14.9 Å². The minimum absolute atomic E-state index is 0.212. The molecule has 0 unspecified atom stereocenters. The summed E-state index contributed by atoms with van der Waals surface area (Å²) >= 11 is 0. The van der Waals surface area contributed by atoms with E-state index in [1.807, 2.05) is 36.5 Å². The topological polar surface area (TPSA) is 74.8 Å².